The van der Waals surface area contributed by atoms with Crippen molar-refractivity contribution in [1.29, 1.82) is 0 Å². The molecule has 0 spiro atoms. The summed E-state index contributed by atoms with van der Waals surface area (Å²) in [4.78, 5) is 11.8. The summed E-state index contributed by atoms with van der Waals surface area (Å²) >= 11 is 11.5. The lowest BCUT2D eigenvalue weighted by atomic mass is 10.2. The van der Waals surface area contributed by atoms with Crippen molar-refractivity contribution < 1.29 is 19.0 Å². The highest BCUT2D eigenvalue weighted by Gasteiger charge is 2.12. The number of benzene rings is 2. The maximum absolute atomic E-state index is 11.8. The maximum atomic E-state index is 11.8. The lowest BCUT2D eigenvalue weighted by molar-refractivity contribution is 0.0526. The Bertz CT molecular complexity index is 814. The molecule has 0 heterocycles. The first-order valence-electron chi connectivity index (χ1n) is 8.74. The van der Waals surface area contributed by atoms with Crippen molar-refractivity contribution in [2.45, 2.75) is 19.9 Å². The monoisotopic (exact) mass is 422 g/mol. The molecule has 0 radical (unpaired) electrons. The molecule has 0 saturated carbocycles. The molecule has 0 aliphatic carbocycles. The molecule has 0 aliphatic rings. The molecule has 28 heavy (non-hydrogen) atoms. The predicted molar refractivity (Wildman–Crippen MR) is 115 cm³/mol. The van der Waals surface area contributed by atoms with Gasteiger partial charge in [-0.05, 0) is 68.5 Å². The Morgan fingerprint density at radius 1 is 1.18 bits per heavy atom. The summed E-state index contributed by atoms with van der Waals surface area (Å²) in [6.07, 6.45) is 0. The van der Waals surface area contributed by atoms with Crippen LogP contribution in [-0.2, 0) is 4.74 Å². The van der Waals surface area contributed by atoms with E-state index in [-0.39, 0.29) is 6.04 Å². The second kappa shape index (κ2) is 10.7. The van der Waals surface area contributed by atoms with Crippen LogP contribution in [0.15, 0.2) is 42.5 Å². The third kappa shape index (κ3) is 6.58. The summed E-state index contributed by atoms with van der Waals surface area (Å²) in [7, 11) is 1.62. The van der Waals surface area contributed by atoms with Gasteiger partial charge in [-0.2, -0.15) is 0 Å². The van der Waals surface area contributed by atoms with Gasteiger partial charge in [0, 0.05) is 5.69 Å². The van der Waals surface area contributed by atoms with Crippen LogP contribution in [0, 0.1) is 0 Å². The highest BCUT2D eigenvalue weighted by molar-refractivity contribution is 7.80. The second-order valence-electron chi connectivity index (χ2n) is 5.90. The van der Waals surface area contributed by atoms with Gasteiger partial charge in [0.2, 0.25) is 0 Å². The van der Waals surface area contributed by atoms with Gasteiger partial charge in [-0.25, -0.2) is 4.79 Å². The van der Waals surface area contributed by atoms with E-state index in [1.165, 1.54) is 0 Å². The number of carbonyl (C=O) groups is 1. The van der Waals surface area contributed by atoms with Crippen molar-refractivity contribution in [2.75, 3.05) is 25.6 Å². The molecule has 1 unspecified atom stereocenters. The molecular formula is C20H23ClN2O4S. The van der Waals surface area contributed by atoms with Crippen LogP contribution < -0.4 is 20.1 Å². The highest BCUT2D eigenvalue weighted by Crippen LogP contribution is 2.22. The Morgan fingerprint density at radius 3 is 2.46 bits per heavy atom. The highest BCUT2D eigenvalue weighted by atomic mass is 35.5. The second-order valence-corrected chi connectivity index (χ2v) is 6.72. The lowest BCUT2D eigenvalue weighted by Gasteiger charge is -2.18. The van der Waals surface area contributed by atoms with Crippen LogP contribution in [0.4, 0.5) is 5.69 Å². The smallest absolute Gasteiger partial charge is 0.339 e. The number of thiocarbonyl (C=S) groups is 1. The number of nitrogens with one attached hydrogen (secondary N) is 2. The minimum atomic E-state index is -0.455. The fourth-order valence-corrected chi connectivity index (χ4v) is 2.87. The van der Waals surface area contributed by atoms with Gasteiger partial charge in [0.05, 0.1) is 30.3 Å². The van der Waals surface area contributed by atoms with E-state index in [0.29, 0.717) is 34.6 Å². The topological polar surface area (TPSA) is 68.8 Å². The molecule has 0 amide bonds. The van der Waals surface area contributed by atoms with Crippen molar-refractivity contribution in [3.63, 3.8) is 0 Å². The molecule has 0 bridgehead atoms. The molecule has 0 fully saturated rings. The van der Waals surface area contributed by atoms with Gasteiger partial charge in [-0.1, -0.05) is 11.6 Å². The quantitative estimate of drug-likeness (QED) is 0.486. The van der Waals surface area contributed by atoms with Crippen LogP contribution in [0.25, 0.3) is 0 Å². The summed E-state index contributed by atoms with van der Waals surface area (Å²) < 4.78 is 15.8. The first kappa shape index (κ1) is 21.8. The van der Waals surface area contributed by atoms with E-state index in [9.17, 15) is 4.79 Å². The molecule has 150 valence electrons. The van der Waals surface area contributed by atoms with Gasteiger partial charge >= 0.3 is 5.97 Å². The summed E-state index contributed by atoms with van der Waals surface area (Å²) in [5.74, 6) is 1.07. The van der Waals surface area contributed by atoms with E-state index in [2.05, 4.69) is 10.6 Å². The van der Waals surface area contributed by atoms with Crippen LogP contribution in [0.3, 0.4) is 0 Å². The van der Waals surface area contributed by atoms with E-state index in [4.69, 9.17) is 38.0 Å². The first-order chi connectivity index (χ1) is 13.4. The van der Waals surface area contributed by atoms with E-state index >= 15 is 0 Å². The summed E-state index contributed by atoms with van der Waals surface area (Å²) in [6, 6.07) is 12.3. The number of rotatable bonds is 8. The van der Waals surface area contributed by atoms with Crippen LogP contribution in [0.1, 0.15) is 24.2 Å². The zero-order valence-corrected chi connectivity index (χ0v) is 17.5. The zero-order valence-electron chi connectivity index (χ0n) is 16.0. The number of hydrogen-bond acceptors (Lipinski definition) is 5. The van der Waals surface area contributed by atoms with Gasteiger partial charge < -0.3 is 24.8 Å². The number of carbonyl (C=O) groups excluding carboxylic acids is 1. The minimum Gasteiger partial charge on any atom is -0.497 e. The summed E-state index contributed by atoms with van der Waals surface area (Å²) in [5, 5.41) is 6.89. The molecule has 2 rings (SSSR count). The standard InChI is InChI=1S/C20H23ClN2O4S/c1-4-26-19(24)17-10-5-14(11-18(17)21)23-20(28)22-13(2)12-27-16-8-6-15(25-3)7-9-16/h5-11,13H,4,12H2,1-3H3,(H2,22,23,28). The van der Waals surface area contributed by atoms with E-state index in [1.807, 2.05) is 31.2 Å². The molecule has 0 aromatic heterocycles. The largest absolute Gasteiger partial charge is 0.497 e. The van der Waals surface area contributed by atoms with Crippen molar-refractivity contribution in [2.24, 2.45) is 0 Å². The minimum absolute atomic E-state index is 0.0311. The molecule has 0 aliphatic heterocycles. The fourth-order valence-electron chi connectivity index (χ4n) is 2.29. The molecule has 2 aromatic carbocycles. The number of ether oxygens (including phenoxy) is 3. The van der Waals surface area contributed by atoms with Gasteiger partial charge in [-0.15, -0.1) is 0 Å². The van der Waals surface area contributed by atoms with Gasteiger partial charge in [-0.3, -0.25) is 0 Å². The van der Waals surface area contributed by atoms with Crippen molar-refractivity contribution in [1.82, 2.24) is 5.32 Å². The van der Waals surface area contributed by atoms with Crippen LogP contribution in [-0.4, -0.2) is 37.4 Å². The normalized spacial score (nSPS) is 11.3. The molecule has 6 nitrogen and oxygen atoms in total. The summed E-state index contributed by atoms with van der Waals surface area (Å²) in [5.41, 5.74) is 0.980. The molecule has 1 atom stereocenters. The molecular weight excluding hydrogens is 400 g/mol. The fraction of sp³-hybridized carbons (Fsp3) is 0.300. The Kier molecular flexibility index (Phi) is 8.35. The summed E-state index contributed by atoms with van der Waals surface area (Å²) in [6.45, 7) is 4.41. The van der Waals surface area contributed by atoms with Crippen molar-refractivity contribution in [3.8, 4) is 11.5 Å². The average molecular weight is 423 g/mol. The molecule has 2 N–H and O–H groups in total. The molecule has 2 aromatic rings. The van der Waals surface area contributed by atoms with Crippen molar-refractivity contribution >= 4 is 40.6 Å². The van der Waals surface area contributed by atoms with Gasteiger partial charge in [0.25, 0.3) is 0 Å². The Balaban J connectivity index is 1.83. The maximum Gasteiger partial charge on any atom is 0.339 e. The lowest BCUT2D eigenvalue weighted by Crippen LogP contribution is -2.39. The Morgan fingerprint density at radius 2 is 1.86 bits per heavy atom. The van der Waals surface area contributed by atoms with Gasteiger partial charge in [0.1, 0.15) is 18.1 Å². The number of halogens is 1. The third-order valence-corrected chi connectivity index (χ3v) is 4.19. The number of hydrogen-bond donors (Lipinski definition) is 2. The Labute approximate surface area is 175 Å². The van der Waals surface area contributed by atoms with Crippen molar-refractivity contribution in [3.05, 3.63) is 53.1 Å². The van der Waals surface area contributed by atoms with E-state index in [1.54, 1.807) is 32.2 Å². The Hall–Kier alpha value is -2.51. The number of esters is 1. The van der Waals surface area contributed by atoms with Gasteiger partial charge in [0.15, 0.2) is 5.11 Å². The van der Waals surface area contributed by atoms with Crippen LogP contribution in [0.5, 0.6) is 11.5 Å². The van der Waals surface area contributed by atoms with E-state index < -0.39 is 5.97 Å². The average Bonchev–Trinajstić information content (AvgIpc) is 2.67. The molecule has 8 heteroatoms. The third-order valence-electron chi connectivity index (χ3n) is 3.66. The SMILES string of the molecule is CCOC(=O)c1ccc(NC(=S)NC(C)COc2ccc(OC)cc2)cc1Cl. The van der Waals surface area contributed by atoms with Crippen LogP contribution in [0.2, 0.25) is 5.02 Å². The van der Waals surface area contributed by atoms with E-state index in [0.717, 1.165) is 11.5 Å². The predicted octanol–water partition coefficient (Wildman–Crippen LogP) is 4.28. The number of anilines is 1. The number of methoxy groups -OCH3 is 1. The first-order valence-corrected chi connectivity index (χ1v) is 9.52. The molecule has 0 saturated heterocycles. The zero-order chi connectivity index (χ0) is 20.5. The van der Waals surface area contributed by atoms with Crippen LogP contribution >= 0.6 is 23.8 Å².